The topological polar surface area (TPSA) is 61.2 Å². The molecule has 3 aromatic rings. The standard InChI is InChI=1S/C19H20N4O2/c1-14(17-5-6-18-19(8-17)25-13-24-18)21-9-15-3-2-4-16(7-15)10-23-12-20-11-22-23/h2-8,11-12,14,21H,9-10,13H2,1H3/t14-/m1/s1. The number of nitrogens with zero attached hydrogens (tertiary/aromatic N) is 3. The molecule has 1 aliphatic rings. The summed E-state index contributed by atoms with van der Waals surface area (Å²) in [5.41, 5.74) is 3.63. The summed E-state index contributed by atoms with van der Waals surface area (Å²) in [6.45, 7) is 3.97. The fourth-order valence-electron chi connectivity index (χ4n) is 2.91. The van der Waals surface area contributed by atoms with Crippen molar-refractivity contribution in [3.63, 3.8) is 0 Å². The minimum atomic E-state index is 0.216. The molecule has 25 heavy (non-hydrogen) atoms. The van der Waals surface area contributed by atoms with Gasteiger partial charge in [-0.05, 0) is 35.7 Å². The van der Waals surface area contributed by atoms with Crippen LogP contribution in [0.15, 0.2) is 55.1 Å². The number of fused-ring (bicyclic) bond motifs is 1. The molecule has 1 aliphatic heterocycles. The summed E-state index contributed by atoms with van der Waals surface area (Å²) in [4.78, 5) is 3.98. The predicted molar refractivity (Wildman–Crippen MR) is 93.4 cm³/mol. The van der Waals surface area contributed by atoms with E-state index < -0.39 is 0 Å². The van der Waals surface area contributed by atoms with Crippen LogP contribution in [0.5, 0.6) is 11.5 Å². The minimum absolute atomic E-state index is 0.216. The van der Waals surface area contributed by atoms with Crippen LogP contribution in [0.4, 0.5) is 0 Å². The van der Waals surface area contributed by atoms with Crippen molar-refractivity contribution in [2.45, 2.75) is 26.1 Å². The van der Waals surface area contributed by atoms with Crippen molar-refractivity contribution in [3.8, 4) is 11.5 Å². The van der Waals surface area contributed by atoms with Crippen molar-refractivity contribution in [1.29, 1.82) is 0 Å². The highest BCUT2D eigenvalue weighted by Crippen LogP contribution is 2.34. The van der Waals surface area contributed by atoms with Gasteiger partial charge < -0.3 is 14.8 Å². The van der Waals surface area contributed by atoms with E-state index in [1.807, 2.05) is 16.8 Å². The molecule has 0 radical (unpaired) electrons. The predicted octanol–water partition coefficient (Wildman–Crippen LogP) is 2.91. The Balaban J connectivity index is 1.39. The number of nitrogens with one attached hydrogen (secondary N) is 1. The maximum atomic E-state index is 5.45. The molecule has 1 atom stereocenters. The monoisotopic (exact) mass is 336 g/mol. The lowest BCUT2D eigenvalue weighted by atomic mass is 10.1. The van der Waals surface area contributed by atoms with Gasteiger partial charge in [0.05, 0.1) is 6.54 Å². The van der Waals surface area contributed by atoms with E-state index in [2.05, 4.69) is 52.7 Å². The Hall–Kier alpha value is -2.86. The Morgan fingerprint density at radius 3 is 2.88 bits per heavy atom. The number of rotatable bonds is 6. The minimum Gasteiger partial charge on any atom is -0.454 e. The molecular weight excluding hydrogens is 316 g/mol. The van der Waals surface area contributed by atoms with Crippen molar-refractivity contribution in [2.75, 3.05) is 6.79 Å². The van der Waals surface area contributed by atoms with Crippen LogP contribution in [-0.4, -0.2) is 21.6 Å². The number of aromatic nitrogens is 3. The van der Waals surface area contributed by atoms with Crippen LogP contribution in [0.25, 0.3) is 0 Å². The van der Waals surface area contributed by atoms with Gasteiger partial charge in [-0.1, -0.05) is 30.3 Å². The summed E-state index contributed by atoms with van der Waals surface area (Å²) in [6, 6.07) is 14.8. The van der Waals surface area contributed by atoms with Gasteiger partial charge in [-0.2, -0.15) is 5.10 Å². The van der Waals surface area contributed by atoms with Crippen LogP contribution in [0.1, 0.15) is 29.7 Å². The smallest absolute Gasteiger partial charge is 0.231 e. The molecule has 0 fully saturated rings. The zero-order valence-electron chi connectivity index (χ0n) is 14.1. The van der Waals surface area contributed by atoms with Crippen LogP contribution in [0.3, 0.4) is 0 Å². The van der Waals surface area contributed by atoms with Crippen LogP contribution in [-0.2, 0) is 13.1 Å². The lowest BCUT2D eigenvalue weighted by Gasteiger charge is -2.15. The molecule has 2 heterocycles. The second-order valence-electron chi connectivity index (χ2n) is 6.13. The Labute approximate surface area is 146 Å². The molecule has 0 unspecified atom stereocenters. The first-order valence-corrected chi connectivity index (χ1v) is 8.31. The van der Waals surface area contributed by atoms with Crippen LogP contribution in [0.2, 0.25) is 0 Å². The molecule has 0 spiro atoms. The molecule has 0 amide bonds. The first-order valence-electron chi connectivity index (χ1n) is 8.31. The van der Waals surface area contributed by atoms with E-state index in [1.165, 1.54) is 16.7 Å². The fourth-order valence-corrected chi connectivity index (χ4v) is 2.91. The van der Waals surface area contributed by atoms with Gasteiger partial charge in [-0.3, -0.25) is 0 Å². The Morgan fingerprint density at radius 2 is 2.00 bits per heavy atom. The molecule has 4 rings (SSSR count). The lowest BCUT2D eigenvalue weighted by molar-refractivity contribution is 0.174. The van der Waals surface area contributed by atoms with Gasteiger partial charge in [0.25, 0.3) is 0 Å². The molecule has 0 aliphatic carbocycles. The maximum absolute atomic E-state index is 5.45. The highest BCUT2D eigenvalue weighted by atomic mass is 16.7. The fraction of sp³-hybridized carbons (Fsp3) is 0.263. The van der Waals surface area contributed by atoms with Gasteiger partial charge in [-0.15, -0.1) is 0 Å². The molecule has 1 N–H and O–H groups in total. The summed E-state index contributed by atoms with van der Waals surface area (Å²) in [7, 11) is 0. The first kappa shape index (κ1) is 15.7. The summed E-state index contributed by atoms with van der Waals surface area (Å²) in [5, 5.41) is 7.71. The molecule has 0 saturated heterocycles. The highest BCUT2D eigenvalue weighted by molar-refractivity contribution is 5.45. The molecule has 6 heteroatoms. The van der Waals surface area contributed by atoms with E-state index in [9.17, 15) is 0 Å². The van der Waals surface area contributed by atoms with Crippen molar-refractivity contribution in [2.24, 2.45) is 0 Å². The van der Waals surface area contributed by atoms with Crippen molar-refractivity contribution >= 4 is 0 Å². The quantitative estimate of drug-likeness (QED) is 0.750. The SMILES string of the molecule is C[C@@H](NCc1cccc(Cn2cncn2)c1)c1ccc2c(c1)OCO2. The number of hydrogen-bond donors (Lipinski definition) is 1. The zero-order valence-corrected chi connectivity index (χ0v) is 14.1. The molecule has 6 nitrogen and oxygen atoms in total. The Morgan fingerprint density at radius 1 is 1.12 bits per heavy atom. The third-order valence-electron chi connectivity index (χ3n) is 4.31. The van der Waals surface area contributed by atoms with E-state index >= 15 is 0 Å². The summed E-state index contributed by atoms with van der Waals surface area (Å²) >= 11 is 0. The van der Waals surface area contributed by atoms with Gasteiger partial charge in [0.1, 0.15) is 12.7 Å². The van der Waals surface area contributed by atoms with E-state index in [-0.39, 0.29) is 6.04 Å². The largest absolute Gasteiger partial charge is 0.454 e. The van der Waals surface area contributed by atoms with Gasteiger partial charge in [0.2, 0.25) is 6.79 Å². The molecule has 0 bridgehead atoms. The molecule has 128 valence electrons. The second-order valence-corrected chi connectivity index (χ2v) is 6.13. The van der Waals surface area contributed by atoms with Crippen LogP contribution >= 0.6 is 0 Å². The van der Waals surface area contributed by atoms with Gasteiger partial charge in [-0.25, -0.2) is 9.67 Å². The van der Waals surface area contributed by atoms with E-state index in [4.69, 9.17) is 9.47 Å². The number of benzene rings is 2. The summed E-state index contributed by atoms with van der Waals surface area (Å²) in [5.74, 6) is 1.64. The Bertz CT molecular complexity index is 848. The molecule has 2 aromatic carbocycles. The van der Waals surface area contributed by atoms with Gasteiger partial charge in [0.15, 0.2) is 11.5 Å². The van der Waals surface area contributed by atoms with E-state index in [0.717, 1.165) is 24.6 Å². The number of ether oxygens (including phenoxy) is 2. The van der Waals surface area contributed by atoms with Crippen LogP contribution in [0, 0.1) is 0 Å². The average molecular weight is 336 g/mol. The third kappa shape index (κ3) is 3.64. The molecule has 0 saturated carbocycles. The highest BCUT2D eigenvalue weighted by Gasteiger charge is 2.15. The number of hydrogen-bond acceptors (Lipinski definition) is 5. The normalized spacial score (nSPS) is 13.8. The maximum Gasteiger partial charge on any atom is 0.231 e. The third-order valence-corrected chi connectivity index (χ3v) is 4.31. The Kier molecular flexibility index (Phi) is 4.35. The van der Waals surface area contributed by atoms with E-state index in [0.29, 0.717) is 6.79 Å². The lowest BCUT2D eigenvalue weighted by Crippen LogP contribution is -2.18. The first-order chi connectivity index (χ1) is 12.3. The van der Waals surface area contributed by atoms with E-state index in [1.54, 1.807) is 12.7 Å². The zero-order chi connectivity index (χ0) is 17.1. The summed E-state index contributed by atoms with van der Waals surface area (Å²) < 4.78 is 12.6. The summed E-state index contributed by atoms with van der Waals surface area (Å²) in [6.07, 6.45) is 3.28. The van der Waals surface area contributed by atoms with Crippen molar-refractivity contribution in [1.82, 2.24) is 20.1 Å². The average Bonchev–Trinajstić information content (AvgIpc) is 3.30. The van der Waals surface area contributed by atoms with Gasteiger partial charge >= 0.3 is 0 Å². The van der Waals surface area contributed by atoms with Crippen molar-refractivity contribution < 1.29 is 9.47 Å². The molecule has 1 aromatic heterocycles. The van der Waals surface area contributed by atoms with Crippen molar-refractivity contribution in [3.05, 3.63) is 71.8 Å². The van der Waals surface area contributed by atoms with Crippen LogP contribution < -0.4 is 14.8 Å². The van der Waals surface area contributed by atoms with Gasteiger partial charge in [0, 0.05) is 12.6 Å². The second kappa shape index (κ2) is 6.94. The molecular formula is C19H20N4O2.